The second kappa shape index (κ2) is 5.83. The Morgan fingerprint density at radius 2 is 1.94 bits per heavy atom. The number of nitrogens with zero attached hydrogens (tertiary/aromatic N) is 1. The fourth-order valence-corrected chi connectivity index (χ4v) is 2.96. The summed E-state index contributed by atoms with van der Waals surface area (Å²) < 4.78 is 5.36. The topological polar surface area (TPSA) is 55.6 Å². The van der Waals surface area contributed by atoms with E-state index in [1.54, 1.807) is 7.11 Å². The number of nitrogens with two attached hydrogens (primary N) is 1. The number of carbonyl (C=O) groups is 1. The molecule has 1 saturated heterocycles. The van der Waals surface area contributed by atoms with Crippen LogP contribution in [0.5, 0.6) is 0 Å². The fourth-order valence-electron chi connectivity index (χ4n) is 2.96. The van der Waals surface area contributed by atoms with Gasteiger partial charge in [0, 0.05) is 32.2 Å². The number of hydrogen-bond acceptors (Lipinski definition) is 3. The smallest absolute Gasteiger partial charge is 0.225 e. The zero-order chi connectivity index (χ0) is 12.3. The third-order valence-electron chi connectivity index (χ3n) is 4.14. The molecule has 1 saturated carbocycles. The molecule has 98 valence electrons. The number of ether oxygens (including phenoxy) is 1. The van der Waals surface area contributed by atoms with Gasteiger partial charge < -0.3 is 15.4 Å². The Morgan fingerprint density at radius 3 is 2.59 bits per heavy atom. The van der Waals surface area contributed by atoms with Crippen molar-refractivity contribution in [1.82, 2.24) is 4.90 Å². The summed E-state index contributed by atoms with van der Waals surface area (Å²) in [5, 5.41) is 0. The third-order valence-corrected chi connectivity index (χ3v) is 4.14. The normalized spacial score (nSPS) is 34.7. The van der Waals surface area contributed by atoms with Crippen molar-refractivity contribution in [1.29, 1.82) is 0 Å². The molecule has 2 N–H and O–H groups in total. The van der Waals surface area contributed by atoms with Gasteiger partial charge in [-0.1, -0.05) is 0 Å². The molecule has 0 spiro atoms. The van der Waals surface area contributed by atoms with E-state index in [-0.39, 0.29) is 12.0 Å². The predicted molar refractivity (Wildman–Crippen MR) is 66.5 cm³/mol. The van der Waals surface area contributed by atoms with Crippen molar-refractivity contribution < 1.29 is 9.53 Å². The van der Waals surface area contributed by atoms with Gasteiger partial charge >= 0.3 is 0 Å². The molecule has 1 atom stereocenters. The first-order chi connectivity index (χ1) is 8.20. The molecule has 4 nitrogen and oxygen atoms in total. The van der Waals surface area contributed by atoms with Gasteiger partial charge in [-0.25, -0.2) is 0 Å². The Hall–Kier alpha value is -0.610. The molecule has 2 aliphatic rings. The maximum Gasteiger partial charge on any atom is 0.225 e. The van der Waals surface area contributed by atoms with Crippen LogP contribution in [0, 0.1) is 5.92 Å². The highest BCUT2D eigenvalue weighted by molar-refractivity contribution is 5.79. The summed E-state index contributed by atoms with van der Waals surface area (Å²) in [6, 6.07) is 0.312. The molecule has 1 heterocycles. The van der Waals surface area contributed by atoms with Crippen LogP contribution in [-0.2, 0) is 9.53 Å². The molecule has 2 rings (SSSR count). The minimum atomic E-state index is 0.213. The average molecular weight is 240 g/mol. The van der Waals surface area contributed by atoms with Gasteiger partial charge in [-0.15, -0.1) is 0 Å². The molecule has 0 aromatic rings. The lowest BCUT2D eigenvalue weighted by Gasteiger charge is -2.36. The summed E-state index contributed by atoms with van der Waals surface area (Å²) in [7, 11) is 1.73. The van der Waals surface area contributed by atoms with E-state index in [0.717, 1.165) is 51.6 Å². The van der Waals surface area contributed by atoms with Crippen molar-refractivity contribution in [2.45, 2.75) is 50.7 Å². The van der Waals surface area contributed by atoms with E-state index in [0.29, 0.717) is 11.9 Å². The first-order valence-corrected chi connectivity index (χ1v) is 6.78. The Labute approximate surface area is 103 Å². The van der Waals surface area contributed by atoms with E-state index in [2.05, 4.69) is 0 Å². The van der Waals surface area contributed by atoms with Crippen LogP contribution >= 0.6 is 0 Å². The molecular weight excluding hydrogens is 216 g/mol. The molecular formula is C13H24N2O2. The van der Waals surface area contributed by atoms with Crippen molar-refractivity contribution in [2.24, 2.45) is 11.7 Å². The van der Waals surface area contributed by atoms with Crippen molar-refractivity contribution in [3.05, 3.63) is 0 Å². The lowest BCUT2D eigenvalue weighted by atomic mass is 9.85. The number of methoxy groups -OCH3 is 1. The number of rotatable bonds is 2. The van der Waals surface area contributed by atoms with Gasteiger partial charge in [-0.3, -0.25) is 4.79 Å². The highest BCUT2D eigenvalue weighted by Gasteiger charge is 2.31. The van der Waals surface area contributed by atoms with Crippen LogP contribution in [0.3, 0.4) is 0 Å². The number of likely N-dealkylation sites (tertiary alicyclic amines) is 1. The molecule has 0 aromatic heterocycles. The van der Waals surface area contributed by atoms with E-state index < -0.39 is 0 Å². The van der Waals surface area contributed by atoms with E-state index >= 15 is 0 Å². The quantitative estimate of drug-likeness (QED) is 0.787. The Morgan fingerprint density at radius 1 is 1.24 bits per heavy atom. The van der Waals surface area contributed by atoms with Gasteiger partial charge in [0.05, 0.1) is 6.10 Å². The Bertz CT molecular complexity index is 262. The fraction of sp³-hybridized carbons (Fsp3) is 0.923. The molecule has 1 aliphatic carbocycles. The maximum absolute atomic E-state index is 12.4. The van der Waals surface area contributed by atoms with Crippen LogP contribution in [-0.4, -0.2) is 43.2 Å². The summed E-state index contributed by atoms with van der Waals surface area (Å²) in [6.45, 7) is 1.68. The van der Waals surface area contributed by atoms with Crippen LogP contribution in [0.1, 0.15) is 38.5 Å². The summed E-state index contributed by atoms with van der Waals surface area (Å²) in [5.41, 5.74) is 5.87. The lowest BCUT2D eigenvalue weighted by molar-refractivity contribution is -0.140. The molecule has 17 heavy (non-hydrogen) atoms. The SMILES string of the molecule is COC1CCCN(C(=O)C2CCC(N)CC2)C1. The van der Waals surface area contributed by atoms with Crippen LogP contribution in [0.15, 0.2) is 0 Å². The molecule has 2 fully saturated rings. The van der Waals surface area contributed by atoms with Gasteiger partial charge in [0.2, 0.25) is 5.91 Å². The summed E-state index contributed by atoms with van der Waals surface area (Å²) in [4.78, 5) is 14.4. The van der Waals surface area contributed by atoms with Gasteiger partial charge in [-0.2, -0.15) is 0 Å². The molecule has 0 aromatic carbocycles. The molecule has 1 unspecified atom stereocenters. The van der Waals surface area contributed by atoms with E-state index in [4.69, 9.17) is 10.5 Å². The molecule has 1 amide bonds. The third kappa shape index (κ3) is 3.19. The van der Waals surface area contributed by atoms with E-state index in [1.165, 1.54) is 0 Å². The van der Waals surface area contributed by atoms with E-state index in [9.17, 15) is 4.79 Å². The Kier molecular flexibility index (Phi) is 4.40. The minimum Gasteiger partial charge on any atom is -0.380 e. The molecule has 0 bridgehead atoms. The largest absolute Gasteiger partial charge is 0.380 e. The predicted octanol–water partition coefficient (Wildman–Crippen LogP) is 1.14. The van der Waals surface area contributed by atoms with Gasteiger partial charge in [-0.05, 0) is 38.5 Å². The van der Waals surface area contributed by atoms with Crippen LogP contribution in [0.25, 0.3) is 0 Å². The van der Waals surface area contributed by atoms with Crippen LogP contribution < -0.4 is 5.73 Å². The van der Waals surface area contributed by atoms with Crippen molar-refractivity contribution in [3.8, 4) is 0 Å². The second-order valence-electron chi connectivity index (χ2n) is 5.40. The number of amides is 1. The van der Waals surface area contributed by atoms with Crippen LogP contribution in [0.4, 0.5) is 0 Å². The van der Waals surface area contributed by atoms with Crippen molar-refractivity contribution in [3.63, 3.8) is 0 Å². The average Bonchev–Trinajstić information content (AvgIpc) is 2.39. The number of piperidine rings is 1. The van der Waals surface area contributed by atoms with Gasteiger partial charge in [0.25, 0.3) is 0 Å². The van der Waals surface area contributed by atoms with Crippen molar-refractivity contribution >= 4 is 5.91 Å². The standard InChI is InChI=1S/C13H24N2O2/c1-17-12-3-2-8-15(9-12)13(16)10-4-6-11(14)7-5-10/h10-12H,2-9,14H2,1H3. The second-order valence-corrected chi connectivity index (χ2v) is 5.40. The highest BCUT2D eigenvalue weighted by atomic mass is 16.5. The maximum atomic E-state index is 12.4. The zero-order valence-corrected chi connectivity index (χ0v) is 10.7. The van der Waals surface area contributed by atoms with Crippen LogP contribution in [0.2, 0.25) is 0 Å². The molecule has 0 radical (unpaired) electrons. The highest BCUT2D eigenvalue weighted by Crippen LogP contribution is 2.26. The van der Waals surface area contributed by atoms with Gasteiger partial charge in [0.1, 0.15) is 0 Å². The first-order valence-electron chi connectivity index (χ1n) is 6.78. The minimum absolute atomic E-state index is 0.213. The lowest BCUT2D eigenvalue weighted by Crippen LogP contribution is -2.46. The van der Waals surface area contributed by atoms with Gasteiger partial charge in [0.15, 0.2) is 0 Å². The Balaban J connectivity index is 1.86. The summed E-state index contributed by atoms with van der Waals surface area (Å²) >= 11 is 0. The van der Waals surface area contributed by atoms with E-state index in [1.807, 2.05) is 4.90 Å². The number of hydrogen-bond donors (Lipinski definition) is 1. The molecule has 1 aliphatic heterocycles. The summed E-state index contributed by atoms with van der Waals surface area (Å²) in [5.74, 6) is 0.545. The zero-order valence-electron chi connectivity index (χ0n) is 10.7. The monoisotopic (exact) mass is 240 g/mol. The summed E-state index contributed by atoms with van der Waals surface area (Å²) in [6.07, 6.45) is 6.31. The van der Waals surface area contributed by atoms with Crippen molar-refractivity contribution in [2.75, 3.05) is 20.2 Å². The first kappa shape index (κ1) is 12.8. The number of carbonyl (C=O) groups excluding carboxylic acids is 1. The molecule has 4 heteroatoms.